The van der Waals surface area contributed by atoms with E-state index >= 15 is 0 Å². The second-order valence-electron chi connectivity index (χ2n) is 4.71. The van der Waals surface area contributed by atoms with E-state index in [0.717, 1.165) is 12.1 Å². The lowest BCUT2D eigenvalue weighted by Gasteiger charge is -2.17. The van der Waals surface area contributed by atoms with Gasteiger partial charge in [0.05, 0.1) is 0 Å². The summed E-state index contributed by atoms with van der Waals surface area (Å²) in [6.07, 6.45) is 2.88. The van der Waals surface area contributed by atoms with Crippen LogP contribution in [0.4, 0.5) is 0 Å². The second-order valence-corrected chi connectivity index (χ2v) is 4.71. The smallest absolute Gasteiger partial charge is 0.221 e. The molecule has 0 atom stereocenters. The van der Waals surface area contributed by atoms with Crippen molar-refractivity contribution >= 4 is 5.91 Å². The van der Waals surface area contributed by atoms with Gasteiger partial charge in [0.2, 0.25) is 5.91 Å². The van der Waals surface area contributed by atoms with Crippen LogP contribution in [-0.4, -0.2) is 27.8 Å². The molecule has 0 aromatic carbocycles. The van der Waals surface area contributed by atoms with Crippen LogP contribution in [0, 0.1) is 0 Å². The Morgan fingerprint density at radius 1 is 1.62 bits per heavy atom. The summed E-state index contributed by atoms with van der Waals surface area (Å²) >= 11 is 0. The molecule has 0 radical (unpaired) electrons. The highest BCUT2D eigenvalue weighted by Crippen LogP contribution is 2.02. The number of amides is 1. The van der Waals surface area contributed by atoms with Crippen molar-refractivity contribution in [3.8, 4) is 0 Å². The molecule has 5 nitrogen and oxygen atoms in total. The molecule has 1 heterocycles. The molecule has 1 amide bonds. The molecule has 5 heteroatoms. The molecular formula is C11H20N4O. The number of nitrogens with one attached hydrogen (secondary N) is 1. The van der Waals surface area contributed by atoms with Gasteiger partial charge >= 0.3 is 0 Å². The van der Waals surface area contributed by atoms with Crippen molar-refractivity contribution in [1.82, 2.24) is 15.1 Å². The van der Waals surface area contributed by atoms with Crippen molar-refractivity contribution in [2.24, 2.45) is 12.8 Å². The van der Waals surface area contributed by atoms with Crippen molar-refractivity contribution < 1.29 is 4.79 Å². The number of nitrogens with two attached hydrogens (primary N) is 1. The van der Waals surface area contributed by atoms with Gasteiger partial charge in [0.1, 0.15) is 0 Å². The average molecular weight is 224 g/mol. The summed E-state index contributed by atoms with van der Waals surface area (Å²) in [5, 5.41) is 6.90. The van der Waals surface area contributed by atoms with E-state index in [1.165, 1.54) is 0 Å². The van der Waals surface area contributed by atoms with E-state index in [2.05, 4.69) is 10.4 Å². The van der Waals surface area contributed by atoms with Crippen LogP contribution in [0.15, 0.2) is 12.3 Å². The van der Waals surface area contributed by atoms with Gasteiger partial charge < -0.3 is 11.1 Å². The number of rotatable bonds is 5. The lowest BCUT2D eigenvalue weighted by molar-refractivity contribution is -0.121. The third-order valence-electron chi connectivity index (χ3n) is 2.24. The quantitative estimate of drug-likeness (QED) is 0.750. The highest BCUT2D eigenvalue weighted by molar-refractivity contribution is 5.77. The van der Waals surface area contributed by atoms with Crippen LogP contribution < -0.4 is 11.1 Å². The van der Waals surface area contributed by atoms with Gasteiger partial charge in [0.15, 0.2) is 0 Å². The van der Waals surface area contributed by atoms with Crippen LogP contribution in [0.25, 0.3) is 0 Å². The van der Waals surface area contributed by atoms with E-state index in [4.69, 9.17) is 5.73 Å². The minimum absolute atomic E-state index is 0.00494. The van der Waals surface area contributed by atoms with E-state index < -0.39 is 5.54 Å². The predicted octanol–water partition coefficient (Wildman–Crippen LogP) is 0.206. The maximum Gasteiger partial charge on any atom is 0.221 e. The predicted molar refractivity (Wildman–Crippen MR) is 62.8 cm³/mol. The molecule has 1 rings (SSSR count). The topological polar surface area (TPSA) is 72.9 Å². The Morgan fingerprint density at radius 2 is 2.31 bits per heavy atom. The number of carbonyl (C=O) groups excluding carboxylic acids is 1. The summed E-state index contributed by atoms with van der Waals surface area (Å²) in [4.78, 5) is 11.5. The Labute approximate surface area is 96.0 Å². The number of carbonyl (C=O) groups is 1. The van der Waals surface area contributed by atoms with E-state index in [1.54, 1.807) is 10.9 Å². The molecule has 1 aromatic heterocycles. The Hall–Kier alpha value is -1.36. The molecule has 0 fully saturated rings. The molecule has 16 heavy (non-hydrogen) atoms. The van der Waals surface area contributed by atoms with Crippen LogP contribution in [0.5, 0.6) is 0 Å². The van der Waals surface area contributed by atoms with Crippen molar-refractivity contribution in [2.45, 2.75) is 32.2 Å². The lowest BCUT2D eigenvalue weighted by Crippen LogP contribution is -2.39. The summed E-state index contributed by atoms with van der Waals surface area (Å²) in [6.45, 7) is 4.30. The number of nitrogens with zero attached hydrogens (tertiary/aromatic N) is 2. The number of hydrogen-bond acceptors (Lipinski definition) is 3. The first-order valence-corrected chi connectivity index (χ1v) is 5.41. The summed E-state index contributed by atoms with van der Waals surface area (Å²) in [7, 11) is 1.89. The standard InChI is InChI=1S/C11H20N4O/c1-11(2,12)8-10(16)13-6-4-9-5-7-14-15(9)3/h5,7H,4,6,8,12H2,1-3H3,(H,13,16). The average Bonchev–Trinajstić information content (AvgIpc) is 2.48. The van der Waals surface area contributed by atoms with Crippen molar-refractivity contribution in [3.05, 3.63) is 18.0 Å². The maximum atomic E-state index is 11.5. The Bertz CT molecular complexity index is 351. The monoisotopic (exact) mass is 224 g/mol. The molecular weight excluding hydrogens is 204 g/mol. The minimum atomic E-state index is -0.448. The van der Waals surface area contributed by atoms with Gasteiger partial charge in [-0.05, 0) is 19.9 Å². The first-order valence-electron chi connectivity index (χ1n) is 5.41. The minimum Gasteiger partial charge on any atom is -0.356 e. The molecule has 0 spiro atoms. The maximum absolute atomic E-state index is 11.5. The molecule has 0 aliphatic rings. The van der Waals surface area contributed by atoms with E-state index in [9.17, 15) is 4.79 Å². The zero-order chi connectivity index (χ0) is 12.2. The fourth-order valence-corrected chi connectivity index (χ4v) is 1.45. The molecule has 0 unspecified atom stereocenters. The van der Waals surface area contributed by atoms with Gasteiger partial charge in [-0.2, -0.15) is 5.10 Å². The molecule has 0 saturated carbocycles. The first kappa shape index (κ1) is 12.7. The number of aryl methyl sites for hydroxylation is 1. The van der Waals surface area contributed by atoms with E-state index in [0.29, 0.717) is 13.0 Å². The van der Waals surface area contributed by atoms with E-state index in [1.807, 2.05) is 27.0 Å². The first-order chi connectivity index (χ1) is 7.38. The number of hydrogen-bond donors (Lipinski definition) is 2. The zero-order valence-corrected chi connectivity index (χ0v) is 10.2. The molecule has 0 bridgehead atoms. The Balaban J connectivity index is 2.26. The van der Waals surface area contributed by atoms with E-state index in [-0.39, 0.29) is 5.91 Å². The molecule has 0 aliphatic heterocycles. The van der Waals surface area contributed by atoms with Crippen LogP contribution in [0.2, 0.25) is 0 Å². The van der Waals surface area contributed by atoms with Gasteiger partial charge in [-0.3, -0.25) is 9.48 Å². The van der Waals surface area contributed by atoms with Gasteiger partial charge in [-0.1, -0.05) is 0 Å². The van der Waals surface area contributed by atoms with Crippen LogP contribution in [-0.2, 0) is 18.3 Å². The molecule has 90 valence electrons. The summed E-state index contributed by atoms with van der Waals surface area (Å²) in [5.74, 6) is -0.00494. The summed E-state index contributed by atoms with van der Waals surface area (Å²) in [5.41, 5.74) is 6.41. The third-order valence-corrected chi connectivity index (χ3v) is 2.24. The van der Waals surface area contributed by atoms with Crippen molar-refractivity contribution in [3.63, 3.8) is 0 Å². The van der Waals surface area contributed by atoms with Crippen LogP contribution in [0.3, 0.4) is 0 Å². The molecule has 0 aliphatic carbocycles. The van der Waals surface area contributed by atoms with Gasteiger partial charge in [0, 0.05) is 43.9 Å². The fraction of sp³-hybridized carbons (Fsp3) is 0.636. The number of aromatic nitrogens is 2. The summed E-state index contributed by atoms with van der Waals surface area (Å²) in [6, 6.07) is 1.94. The lowest BCUT2D eigenvalue weighted by atomic mass is 10.0. The van der Waals surface area contributed by atoms with Gasteiger partial charge in [0.25, 0.3) is 0 Å². The van der Waals surface area contributed by atoms with Crippen LogP contribution in [0.1, 0.15) is 26.0 Å². The van der Waals surface area contributed by atoms with Gasteiger partial charge in [-0.25, -0.2) is 0 Å². The molecule has 1 aromatic rings. The van der Waals surface area contributed by atoms with Crippen molar-refractivity contribution in [1.29, 1.82) is 0 Å². The SMILES string of the molecule is Cn1nccc1CCNC(=O)CC(C)(C)N. The highest BCUT2D eigenvalue weighted by atomic mass is 16.1. The largest absolute Gasteiger partial charge is 0.356 e. The molecule has 0 saturated heterocycles. The summed E-state index contributed by atoms with van der Waals surface area (Å²) < 4.78 is 1.80. The Kier molecular flexibility index (Phi) is 4.06. The third kappa shape index (κ3) is 4.44. The zero-order valence-electron chi connectivity index (χ0n) is 10.2. The normalized spacial score (nSPS) is 11.5. The molecule has 3 N–H and O–H groups in total. The Morgan fingerprint density at radius 3 is 2.81 bits per heavy atom. The fourth-order valence-electron chi connectivity index (χ4n) is 1.45. The van der Waals surface area contributed by atoms with Crippen molar-refractivity contribution in [2.75, 3.05) is 6.54 Å². The van der Waals surface area contributed by atoms with Crippen LogP contribution >= 0.6 is 0 Å². The second kappa shape index (κ2) is 5.12. The highest BCUT2D eigenvalue weighted by Gasteiger charge is 2.15. The van der Waals surface area contributed by atoms with Gasteiger partial charge in [-0.15, -0.1) is 0 Å².